The maximum Gasteiger partial charge on any atom is 0.117 e. The molecule has 13 heavy (non-hydrogen) atoms. The van der Waals surface area contributed by atoms with Gasteiger partial charge in [0.15, 0.2) is 0 Å². The molecule has 1 aliphatic heterocycles. The van der Waals surface area contributed by atoms with Gasteiger partial charge in [-0.25, -0.2) is 0 Å². The molecule has 2 rings (SSSR count). The van der Waals surface area contributed by atoms with Crippen molar-refractivity contribution < 1.29 is 4.42 Å². The summed E-state index contributed by atoms with van der Waals surface area (Å²) in [7, 11) is 0. The molecule has 72 valence electrons. The molecule has 1 aromatic rings. The van der Waals surface area contributed by atoms with E-state index in [-0.39, 0.29) is 0 Å². The molecular formula is C10H16N2O. The van der Waals surface area contributed by atoms with Gasteiger partial charge in [-0.15, -0.1) is 0 Å². The van der Waals surface area contributed by atoms with Crippen molar-refractivity contribution >= 4 is 0 Å². The van der Waals surface area contributed by atoms with Crippen molar-refractivity contribution in [3.8, 4) is 0 Å². The number of likely N-dealkylation sites (tertiary alicyclic amines) is 1. The van der Waals surface area contributed by atoms with Gasteiger partial charge in [0.25, 0.3) is 0 Å². The van der Waals surface area contributed by atoms with Crippen molar-refractivity contribution in [2.75, 3.05) is 13.1 Å². The first-order valence-corrected chi connectivity index (χ1v) is 4.85. The number of rotatable bonds is 2. The van der Waals surface area contributed by atoms with Crippen molar-refractivity contribution in [1.82, 2.24) is 4.90 Å². The summed E-state index contributed by atoms with van der Waals surface area (Å²) >= 11 is 0. The Hall–Kier alpha value is -0.800. The first kappa shape index (κ1) is 8.78. The van der Waals surface area contributed by atoms with Gasteiger partial charge in [-0.3, -0.25) is 4.90 Å². The molecular weight excluding hydrogens is 164 g/mol. The standard InChI is InChI=1S/C10H16N2O/c11-9-3-5-12(6-4-9)8-10-2-1-7-13-10/h1-2,7,9H,3-6,8,11H2. The fourth-order valence-corrected chi connectivity index (χ4v) is 1.73. The van der Waals surface area contributed by atoms with Crippen LogP contribution in [0.2, 0.25) is 0 Å². The van der Waals surface area contributed by atoms with E-state index in [0.29, 0.717) is 6.04 Å². The predicted molar refractivity (Wildman–Crippen MR) is 51.2 cm³/mol. The quantitative estimate of drug-likeness (QED) is 0.743. The zero-order valence-corrected chi connectivity index (χ0v) is 7.78. The lowest BCUT2D eigenvalue weighted by Crippen LogP contribution is -2.39. The molecule has 1 aromatic heterocycles. The van der Waals surface area contributed by atoms with E-state index < -0.39 is 0 Å². The van der Waals surface area contributed by atoms with Crippen molar-refractivity contribution in [3.63, 3.8) is 0 Å². The van der Waals surface area contributed by atoms with Crippen LogP contribution in [0.25, 0.3) is 0 Å². The van der Waals surface area contributed by atoms with Gasteiger partial charge < -0.3 is 10.2 Å². The van der Waals surface area contributed by atoms with Crippen LogP contribution in [0.3, 0.4) is 0 Å². The third-order valence-corrected chi connectivity index (χ3v) is 2.59. The second-order valence-corrected chi connectivity index (χ2v) is 3.69. The van der Waals surface area contributed by atoms with Crippen LogP contribution < -0.4 is 5.73 Å². The van der Waals surface area contributed by atoms with Gasteiger partial charge in [0.1, 0.15) is 5.76 Å². The fraction of sp³-hybridized carbons (Fsp3) is 0.600. The highest BCUT2D eigenvalue weighted by molar-refractivity contribution is 4.98. The highest BCUT2D eigenvalue weighted by Crippen LogP contribution is 2.12. The van der Waals surface area contributed by atoms with E-state index in [4.69, 9.17) is 10.2 Å². The summed E-state index contributed by atoms with van der Waals surface area (Å²) < 4.78 is 5.29. The molecule has 1 saturated heterocycles. The van der Waals surface area contributed by atoms with Crippen molar-refractivity contribution in [1.29, 1.82) is 0 Å². The molecule has 0 saturated carbocycles. The minimum absolute atomic E-state index is 0.410. The van der Waals surface area contributed by atoms with Crippen LogP contribution in [0.4, 0.5) is 0 Å². The van der Waals surface area contributed by atoms with Crippen molar-refractivity contribution in [2.45, 2.75) is 25.4 Å². The average Bonchev–Trinajstić information content (AvgIpc) is 2.62. The fourth-order valence-electron chi connectivity index (χ4n) is 1.73. The Kier molecular flexibility index (Phi) is 2.66. The summed E-state index contributed by atoms with van der Waals surface area (Å²) in [5.74, 6) is 1.05. The van der Waals surface area contributed by atoms with Gasteiger partial charge >= 0.3 is 0 Å². The molecule has 2 heterocycles. The number of hydrogen-bond donors (Lipinski definition) is 1. The molecule has 0 radical (unpaired) electrons. The minimum Gasteiger partial charge on any atom is -0.468 e. The van der Waals surface area contributed by atoms with Crippen LogP contribution in [-0.2, 0) is 6.54 Å². The van der Waals surface area contributed by atoms with Gasteiger partial charge in [-0.1, -0.05) is 0 Å². The summed E-state index contributed by atoms with van der Waals surface area (Å²) in [4.78, 5) is 2.39. The van der Waals surface area contributed by atoms with Crippen LogP contribution in [0.1, 0.15) is 18.6 Å². The van der Waals surface area contributed by atoms with Gasteiger partial charge in [-0.2, -0.15) is 0 Å². The topological polar surface area (TPSA) is 42.4 Å². The Labute approximate surface area is 78.5 Å². The second kappa shape index (κ2) is 3.94. The highest BCUT2D eigenvalue weighted by atomic mass is 16.3. The number of hydrogen-bond acceptors (Lipinski definition) is 3. The summed E-state index contributed by atoms with van der Waals surface area (Å²) in [6.45, 7) is 3.13. The SMILES string of the molecule is NC1CCN(Cc2ccco2)CC1. The molecule has 0 amide bonds. The molecule has 0 atom stereocenters. The molecule has 0 aromatic carbocycles. The maximum absolute atomic E-state index is 5.82. The Bertz CT molecular complexity index is 237. The highest BCUT2D eigenvalue weighted by Gasteiger charge is 2.16. The number of nitrogens with two attached hydrogens (primary N) is 1. The van der Waals surface area contributed by atoms with Crippen LogP contribution in [0, 0.1) is 0 Å². The summed E-state index contributed by atoms with van der Waals surface area (Å²) in [5, 5.41) is 0. The second-order valence-electron chi connectivity index (χ2n) is 3.69. The number of piperidine rings is 1. The van der Waals surface area contributed by atoms with Crippen LogP contribution >= 0.6 is 0 Å². The summed E-state index contributed by atoms with van der Waals surface area (Å²) in [6, 6.07) is 4.37. The summed E-state index contributed by atoms with van der Waals surface area (Å²) in [6.07, 6.45) is 3.95. The Morgan fingerprint density at radius 2 is 2.23 bits per heavy atom. The number of furan rings is 1. The Morgan fingerprint density at radius 3 is 2.85 bits per heavy atom. The lowest BCUT2D eigenvalue weighted by molar-refractivity contribution is 0.192. The molecule has 2 N–H and O–H groups in total. The molecule has 0 unspecified atom stereocenters. The zero-order chi connectivity index (χ0) is 9.10. The monoisotopic (exact) mass is 180 g/mol. The lowest BCUT2D eigenvalue weighted by atomic mass is 10.1. The molecule has 0 bridgehead atoms. The van der Waals surface area contributed by atoms with Crippen molar-refractivity contribution in [3.05, 3.63) is 24.2 Å². The number of nitrogens with zero attached hydrogens (tertiary/aromatic N) is 1. The molecule has 1 aliphatic rings. The van der Waals surface area contributed by atoms with Crippen LogP contribution in [0.5, 0.6) is 0 Å². The van der Waals surface area contributed by atoms with Gasteiger partial charge in [0, 0.05) is 19.1 Å². The minimum atomic E-state index is 0.410. The first-order chi connectivity index (χ1) is 6.34. The van der Waals surface area contributed by atoms with E-state index in [0.717, 1.165) is 38.2 Å². The van der Waals surface area contributed by atoms with E-state index in [1.54, 1.807) is 6.26 Å². The molecule has 3 heteroatoms. The van der Waals surface area contributed by atoms with Crippen LogP contribution in [0.15, 0.2) is 22.8 Å². The largest absolute Gasteiger partial charge is 0.468 e. The van der Waals surface area contributed by atoms with E-state index in [2.05, 4.69) is 4.90 Å². The van der Waals surface area contributed by atoms with Gasteiger partial charge in [0.2, 0.25) is 0 Å². The maximum atomic E-state index is 5.82. The normalized spacial score (nSPS) is 20.7. The molecule has 0 aliphatic carbocycles. The van der Waals surface area contributed by atoms with E-state index in [1.165, 1.54) is 0 Å². The van der Waals surface area contributed by atoms with Crippen molar-refractivity contribution in [2.24, 2.45) is 5.73 Å². The van der Waals surface area contributed by atoms with Gasteiger partial charge in [-0.05, 0) is 25.0 Å². The zero-order valence-electron chi connectivity index (χ0n) is 7.78. The Balaban J connectivity index is 1.83. The smallest absolute Gasteiger partial charge is 0.117 e. The van der Waals surface area contributed by atoms with E-state index in [1.807, 2.05) is 12.1 Å². The molecule has 0 spiro atoms. The third kappa shape index (κ3) is 2.32. The van der Waals surface area contributed by atoms with E-state index in [9.17, 15) is 0 Å². The average molecular weight is 180 g/mol. The van der Waals surface area contributed by atoms with Crippen LogP contribution in [-0.4, -0.2) is 24.0 Å². The predicted octanol–water partition coefficient (Wildman–Crippen LogP) is 1.20. The summed E-state index contributed by atoms with van der Waals surface area (Å²) in [5.41, 5.74) is 5.82. The first-order valence-electron chi connectivity index (χ1n) is 4.85. The van der Waals surface area contributed by atoms with E-state index >= 15 is 0 Å². The Morgan fingerprint density at radius 1 is 1.46 bits per heavy atom. The molecule has 1 fully saturated rings. The lowest BCUT2D eigenvalue weighted by Gasteiger charge is -2.29. The third-order valence-electron chi connectivity index (χ3n) is 2.59. The van der Waals surface area contributed by atoms with Gasteiger partial charge in [0.05, 0.1) is 12.8 Å². The molecule has 3 nitrogen and oxygen atoms in total.